The van der Waals surface area contributed by atoms with E-state index in [0.717, 1.165) is 18.0 Å². The van der Waals surface area contributed by atoms with Gasteiger partial charge in [0, 0.05) is 29.4 Å². The summed E-state index contributed by atoms with van der Waals surface area (Å²) in [6, 6.07) is 4.07. The second-order valence-electron chi connectivity index (χ2n) is 5.01. The van der Waals surface area contributed by atoms with Crippen molar-refractivity contribution in [3.8, 4) is 0 Å². The van der Waals surface area contributed by atoms with Crippen LogP contribution in [-0.4, -0.2) is 31.2 Å². The molecule has 0 saturated carbocycles. The molecule has 1 fully saturated rings. The van der Waals surface area contributed by atoms with Crippen LogP contribution < -0.4 is 5.32 Å². The van der Waals surface area contributed by atoms with Crippen molar-refractivity contribution in [3.05, 3.63) is 21.9 Å². The number of thiophene rings is 1. The van der Waals surface area contributed by atoms with Crippen LogP contribution in [0.3, 0.4) is 0 Å². The second-order valence-corrected chi connectivity index (χ2v) is 6.27. The van der Waals surface area contributed by atoms with E-state index in [0.29, 0.717) is 13.0 Å². The summed E-state index contributed by atoms with van der Waals surface area (Å²) in [4.78, 5) is 4.30. The predicted octanol–water partition coefficient (Wildman–Crippen LogP) is 3.24. The number of likely N-dealkylation sites (tertiary alicyclic amines) is 1. The highest BCUT2D eigenvalue weighted by molar-refractivity contribution is 7.11. The van der Waals surface area contributed by atoms with Crippen molar-refractivity contribution in [2.75, 3.05) is 20.1 Å². The van der Waals surface area contributed by atoms with E-state index in [1.807, 2.05) is 24.1 Å². The quantitative estimate of drug-likeness (QED) is 0.916. The number of nitrogens with zero attached hydrogens (tertiary/aromatic N) is 1. The van der Waals surface area contributed by atoms with Crippen molar-refractivity contribution in [2.45, 2.75) is 32.1 Å². The van der Waals surface area contributed by atoms with E-state index in [1.54, 1.807) is 11.3 Å². The average Bonchev–Trinajstić information content (AvgIpc) is 2.76. The van der Waals surface area contributed by atoms with E-state index >= 15 is 0 Å². The van der Waals surface area contributed by atoms with Gasteiger partial charge in [-0.25, -0.2) is 0 Å². The number of hydrogen-bond acceptors (Lipinski definition) is 3. The van der Waals surface area contributed by atoms with Crippen molar-refractivity contribution in [2.24, 2.45) is 5.92 Å². The summed E-state index contributed by atoms with van der Waals surface area (Å²) >= 11 is 1.67. The number of nitrogens with one attached hydrogen (secondary N) is 1. The van der Waals surface area contributed by atoms with Crippen molar-refractivity contribution in [3.63, 3.8) is 0 Å². The molecule has 108 valence electrons. The van der Waals surface area contributed by atoms with Crippen LogP contribution in [0.4, 0.5) is 13.2 Å². The summed E-state index contributed by atoms with van der Waals surface area (Å²) in [5.74, 6) is -1.15. The Morgan fingerprint density at radius 2 is 2.11 bits per heavy atom. The lowest BCUT2D eigenvalue weighted by Crippen LogP contribution is -2.41. The summed E-state index contributed by atoms with van der Waals surface area (Å²) in [5.41, 5.74) is 0. The lowest BCUT2D eigenvalue weighted by Gasteiger charge is -2.33. The van der Waals surface area contributed by atoms with Gasteiger partial charge in [0.05, 0.1) is 5.92 Å². The molecule has 2 rings (SSSR count). The van der Waals surface area contributed by atoms with Gasteiger partial charge in [0.2, 0.25) is 0 Å². The third kappa shape index (κ3) is 4.19. The molecule has 1 atom stereocenters. The molecule has 1 aliphatic heterocycles. The van der Waals surface area contributed by atoms with Crippen molar-refractivity contribution in [1.82, 2.24) is 10.2 Å². The lowest BCUT2D eigenvalue weighted by atomic mass is 9.97. The first-order valence-corrected chi connectivity index (χ1v) is 7.32. The predicted molar refractivity (Wildman–Crippen MR) is 71.1 cm³/mol. The minimum absolute atomic E-state index is 0.142. The fourth-order valence-corrected chi connectivity index (χ4v) is 3.54. The molecule has 0 amide bonds. The van der Waals surface area contributed by atoms with Gasteiger partial charge in [0.25, 0.3) is 0 Å². The van der Waals surface area contributed by atoms with Gasteiger partial charge in [-0.1, -0.05) is 0 Å². The third-order valence-electron chi connectivity index (χ3n) is 3.42. The maximum absolute atomic E-state index is 12.7. The Balaban J connectivity index is 1.91. The molecular weight excluding hydrogens is 273 g/mol. The first-order valence-electron chi connectivity index (χ1n) is 6.50. The number of alkyl halides is 3. The van der Waals surface area contributed by atoms with Gasteiger partial charge in [0.1, 0.15) is 0 Å². The molecule has 1 aliphatic rings. The van der Waals surface area contributed by atoms with E-state index in [1.165, 1.54) is 4.88 Å². The molecule has 0 bridgehead atoms. The van der Waals surface area contributed by atoms with E-state index < -0.39 is 12.1 Å². The Labute approximate surface area is 115 Å². The van der Waals surface area contributed by atoms with E-state index in [-0.39, 0.29) is 13.0 Å². The Morgan fingerprint density at radius 1 is 1.37 bits per heavy atom. The van der Waals surface area contributed by atoms with Crippen LogP contribution in [0.2, 0.25) is 0 Å². The van der Waals surface area contributed by atoms with Crippen molar-refractivity contribution in [1.29, 1.82) is 0 Å². The molecule has 6 heteroatoms. The molecule has 1 aromatic heterocycles. The molecular formula is C13H19F3N2S. The average molecular weight is 292 g/mol. The van der Waals surface area contributed by atoms with Gasteiger partial charge in [-0.2, -0.15) is 13.2 Å². The molecule has 1 aromatic rings. The smallest absolute Gasteiger partial charge is 0.315 e. The number of hydrogen-bond donors (Lipinski definition) is 1. The lowest BCUT2D eigenvalue weighted by molar-refractivity contribution is -0.187. The minimum atomic E-state index is -4.05. The maximum Gasteiger partial charge on any atom is 0.393 e. The minimum Gasteiger partial charge on any atom is -0.315 e. The summed E-state index contributed by atoms with van der Waals surface area (Å²) in [7, 11) is 1.89. The number of rotatable bonds is 4. The van der Waals surface area contributed by atoms with Crippen molar-refractivity contribution < 1.29 is 13.2 Å². The van der Waals surface area contributed by atoms with Crippen LogP contribution in [0, 0.1) is 5.92 Å². The normalized spacial score (nSPS) is 21.8. The van der Waals surface area contributed by atoms with Crippen LogP contribution in [-0.2, 0) is 13.1 Å². The molecule has 2 heterocycles. The van der Waals surface area contributed by atoms with Gasteiger partial charge in [-0.05, 0) is 38.6 Å². The van der Waals surface area contributed by atoms with E-state index in [4.69, 9.17) is 0 Å². The Kier molecular flexibility index (Phi) is 4.86. The maximum atomic E-state index is 12.7. The second kappa shape index (κ2) is 6.24. The monoisotopic (exact) mass is 292 g/mol. The SMILES string of the molecule is CNCc1ccc(CN2CCCC(C(F)(F)F)C2)s1. The molecule has 0 spiro atoms. The highest BCUT2D eigenvalue weighted by atomic mass is 32.1. The molecule has 2 nitrogen and oxygen atoms in total. The molecule has 1 saturated heterocycles. The largest absolute Gasteiger partial charge is 0.393 e. The van der Waals surface area contributed by atoms with Crippen LogP contribution in [0.15, 0.2) is 12.1 Å². The van der Waals surface area contributed by atoms with Gasteiger partial charge in [0.15, 0.2) is 0 Å². The Morgan fingerprint density at radius 3 is 2.79 bits per heavy atom. The molecule has 19 heavy (non-hydrogen) atoms. The molecule has 0 aliphatic carbocycles. The zero-order valence-corrected chi connectivity index (χ0v) is 11.8. The summed E-state index contributed by atoms with van der Waals surface area (Å²) in [6.45, 7) is 2.37. The van der Waals surface area contributed by atoms with Gasteiger partial charge >= 0.3 is 6.18 Å². The summed E-state index contributed by atoms with van der Waals surface area (Å²) < 4.78 is 38.2. The first kappa shape index (κ1) is 14.8. The fourth-order valence-electron chi connectivity index (χ4n) is 2.46. The Hall–Kier alpha value is -0.590. The molecule has 0 radical (unpaired) electrons. The van der Waals surface area contributed by atoms with E-state index in [9.17, 15) is 13.2 Å². The number of piperidine rings is 1. The highest BCUT2D eigenvalue weighted by Gasteiger charge is 2.41. The zero-order valence-electron chi connectivity index (χ0n) is 11.0. The van der Waals surface area contributed by atoms with Crippen LogP contribution in [0.1, 0.15) is 22.6 Å². The van der Waals surface area contributed by atoms with Gasteiger partial charge in [-0.3, -0.25) is 4.90 Å². The van der Waals surface area contributed by atoms with Crippen LogP contribution >= 0.6 is 11.3 Å². The van der Waals surface area contributed by atoms with Gasteiger partial charge in [-0.15, -0.1) is 11.3 Å². The summed E-state index contributed by atoms with van der Waals surface area (Å²) in [5, 5.41) is 3.08. The zero-order chi connectivity index (χ0) is 13.9. The highest BCUT2D eigenvalue weighted by Crippen LogP contribution is 2.33. The van der Waals surface area contributed by atoms with Crippen LogP contribution in [0.5, 0.6) is 0 Å². The summed E-state index contributed by atoms with van der Waals surface area (Å²) in [6.07, 6.45) is -3.14. The van der Waals surface area contributed by atoms with Gasteiger partial charge < -0.3 is 5.32 Å². The fraction of sp³-hybridized carbons (Fsp3) is 0.692. The van der Waals surface area contributed by atoms with Crippen LogP contribution in [0.25, 0.3) is 0 Å². The third-order valence-corrected chi connectivity index (χ3v) is 4.49. The molecule has 1 N–H and O–H groups in total. The molecule has 0 aromatic carbocycles. The topological polar surface area (TPSA) is 15.3 Å². The number of halogens is 3. The molecule has 1 unspecified atom stereocenters. The first-order chi connectivity index (χ1) is 8.99. The standard InChI is InChI=1S/C13H19F3N2S/c1-17-7-11-4-5-12(19-11)9-18-6-2-3-10(8-18)13(14,15)16/h4-5,10,17H,2-3,6-9H2,1H3. The van der Waals surface area contributed by atoms with E-state index in [2.05, 4.69) is 5.32 Å². The Bertz CT molecular complexity index is 403. The van der Waals surface area contributed by atoms with Crippen molar-refractivity contribution >= 4 is 11.3 Å².